The number of esters is 1. The summed E-state index contributed by atoms with van der Waals surface area (Å²) in [7, 11) is 0. The van der Waals surface area contributed by atoms with E-state index in [0.29, 0.717) is 45.6 Å². The average molecular weight is 471 g/mol. The van der Waals surface area contributed by atoms with E-state index in [9.17, 15) is 19.5 Å². The van der Waals surface area contributed by atoms with Crippen molar-refractivity contribution in [1.82, 2.24) is 4.90 Å². The molecule has 1 heterocycles. The van der Waals surface area contributed by atoms with E-state index < -0.39 is 5.97 Å². The first-order valence-corrected chi connectivity index (χ1v) is 11.2. The predicted octanol–water partition coefficient (Wildman–Crippen LogP) is 4.19. The molecule has 0 saturated carbocycles. The van der Waals surface area contributed by atoms with E-state index in [1.807, 2.05) is 0 Å². The topological polar surface area (TPSA) is 95.9 Å². The third kappa shape index (κ3) is 6.18. The third-order valence-corrected chi connectivity index (χ3v) is 5.88. The molecule has 0 bridgehead atoms. The van der Waals surface area contributed by atoms with Gasteiger partial charge in [0, 0.05) is 18.7 Å². The fourth-order valence-corrected chi connectivity index (χ4v) is 4.29. The standard InChI is InChI=1S/C23H22N2O5S2/c1-2-30-22(29)16-8-10-17(11-9-16)24-20(27)7-4-12-25-21(28)19(32-23(25)31)14-15-5-3-6-18(26)13-15/h3,5-6,8-11,13-14,26H,2,4,7,12H2,1H3,(H,24,27)/b19-14-. The number of rotatable bonds is 8. The minimum absolute atomic E-state index is 0.121. The minimum Gasteiger partial charge on any atom is -0.508 e. The highest BCUT2D eigenvalue weighted by molar-refractivity contribution is 8.26. The van der Waals surface area contributed by atoms with Crippen LogP contribution < -0.4 is 5.32 Å². The van der Waals surface area contributed by atoms with Crippen LogP contribution in [-0.4, -0.2) is 45.3 Å². The number of aromatic hydroxyl groups is 1. The number of phenolic OH excluding ortho intramolecular Hbond substituents is 1. The second kappa shape index (κ2) is 10.9. The first-order chi connectivity index (χ1) is 15.4. The van der Waals surface area contributed by atoms with Crippen LogP contribution in [0.15, 0.2) is 53.4 Å². The van der Waals surface area contributed by atoms with Gasteiger partial charge in [0.2, 0.25) is 5.91 Å². The lowest BCUT2D eigenvalue weighted by Gasteiger charge is -2.14. The molecule has 1 aliphatic heterocycles. The summed E-state index contributed by atoms with van der Waals surface area (Å²) in [5, 5.41) is 12.3. The maximum atomic E-state index is 12.7. The van der Waals surface area contributed by atoms with Crippen molar-refractivity contribution < 1.29 is 24.2 Å². The normalized spacial score (nSPS) is 14.7. The number of carbonyl (C=O) groups is 3. The van der Waals surface area contributed by atoms with Gasteiger partial charge in [0.25, 0.3) is 5.91 Å². The molecule has 1 fully saturated rings. The highest BCUT2D eigenvalue weighted by Crippen LogP contribution is 2.33. The highest BCUT2D eigenvalue weighted by atomic mass is 32.2. The Balaban J connectivity index is 1.49. The molecule has 2 aromatic carbocycles. The van der Waals surface area contributed by atoms with Gasteiger partial charge in [0.1, 0.15) is 10.1 Å². The number of thioether (sulfide) groups is 1. The Morgan fingerprint density at radius 1 is 1.22 bits per heavy atom. The molecule has 32 heavy (non-hydrogen) atoms. The van der Waals surface area contributed by atoms with Crippen LogP contribution in [0.3, 0.4) is 0 Å². The largest absolute Gasteiger partial charge is 0.508 e. The molecule has 2 amide bonds. The summed E-state index contributed by atoms with van der Waals surface area (Å²) >= 11 is 6.51. The summed E-state index contributed by atoms with van der Waals surface area (Å²) in [5.74, 6) is -0.698. The Kier molecular flexibility index (Phi) is 8.02. The molecule has 1 saturated heterocycles. The Bertz CT molecular complexity index is 1070. The second-order valence-electron chi connectivity index (χ2n) is 6.88. The quantitative estimate of drug-likeness (QED) is 0.339. The van der Waals surface area contributed by atoms with Gasteiger partial charge in [0.05, 0.1) is 17.1 Å². The van der Waals surface area contributed by atoms with Crippen LogP contribution in [0.4, 0.5) is 5.69 Å². The lowest BCUT2D eigenvalue weighted by Crippen LogP contribution is -2.29. The molecule has 0 unspecified atom stereocenters. The molecule has 1 aliphatic rings. The van der Waals surface area contributed by atoms with E-state index in [1.165, 1.54) is 16.7 Å². The number of amides is 2. The molecule has 2 aromatic rings. The predicted molar refractivity (Wildman–Crippen MR) is 128 cm³/mol. The Morgan fingerprint density at radius 2 is 1.97 bits per heavy atom. The zero-order valence-electron chi connectivity index (χ0n) is 17.4. The maximum absolute atomic E-state index is 12.7. The molecule has 0 aliphatic carbocycles. The van der Waals surface area contributed by atoms with E-state index in [-0.39, 0.29) is 24.0 Å². The monoisotopic (exact) mass is 470 g/mol. The van der Waals surface area contributed by atoms with Crippen LogP contribution in [0.1, 0.15) is 35.7 Å². The summed E-state index contributed by atoms with van der Waals surface area (Å²) in [4.78, 5) is 38.5. The summed E-state index contributed by atoms with van der Waals surface area (Å²) in [6.07, 6.45) is 2.34. The van der Waals surface area contributed by atoms with Crippen LogP contribution >= 0.6 is 24.0 Å². The molecule has 0 spiro atoms. The van der Waals surface area contributed by atoms with Crippen molar-refractivity contribution >= 4 is 57.8 Å². The van der Waals surface area contributed by atoms with E-state index in [0.717, 1.165) is 0 Å². The summed E-state index contributed by atoms with van der Waals surface area (Å²) in [6, 6.07) is 13.1. The fraction of sp³-hybridized carbons (Fsp3) is 0.217. The number of phenols is 1. The molecular formula is C23H22N2O5S2. The van der Waals surface area contributed by atoms with Crippen LogP contribution in [0, 0.1) is 0 Å². The van der Waals surface area contributed by atoms with Gasteiger partial charge >= 0.3 is 5.97 Å². The lowest BCUT2D eigenvalue weighted by molar-refractivity contribution is -0.122. The van der Waals surface area contributed by atoms with Crippen LogP contribution in [0.5, 0.6) is 5.75 Å². The number of thiocarbonyl (C=S) groups is 1. The van der Waals surface area contributed by atoms with Gasteiger partial charge in [-0.05, 0) is 61.4 Å². The minimum atomic E-state index is -0.410. The number of nitrogens with one attached hydrogen (secondary N) is 1. The number of ether oxygens (including phenoxy) is 1. The van der Waals surface area contributed by atoms with E-state index in [1.54, 1.807) is 61.5 Å². The molecule has 0 aromatic heterocycles. The van der Waals surface area contributed by atoms with Crippen LogP contribution in [-0.2, 0) is 14.3 Å². The number of benzene rings is 2. The summed E-state index contributed by atoms with van der Waals surface area (Å²) < 4.78 is 5.37. The molecule has 9 heteroatoms. The Hall–Kier alpha value is -3.17. The molecule has 166 valence electrons. The Morgan fingerprint density at radius 3 is 2.66 bits per heavy atom. The number of anilines is 1. The van der Waals surface area contributed by atoms with Crippen molar-refractivity contribution in [3.8, 4) is 5.75 Å². The zero-order valence-corrected chi connectivity index (χ0v) is 19.0. The average Bonchev–Trinajstić information content (AvgIpc) is 3.02. The van der Waals surface area contributed by atoms with Crippen molar-refractivity contribution in [3.63, 3.8) is 0 Å². The molecule has 3 rings (SSSR count). The number of nitrogens with zero attached hydrogens (tertiary/aromatic N) is 1. The maximum Gasteiger partial charge on any atom is 0.338 e. The van der Waals surface area contributed by atoms with Gasteiger partial charge in [-0.25, -0.2) is 4.79 Å². The first-order valence-electron chi connectivity index (χ1n) is 9.99. The molecule has 0 radical (unpaired) electrons. The van der Waals surface area contributed by atoms with Crippen LogP contribution in [0.2, 0.25) is 0 Å². The van der Waals surface area contributed by atoms with Crippen molar-refractivity contribution in [2.24, 2.45) is 0 Å². The highest BCUT2D eigenvalue weighted by Gasteiger charge is 2.31. The molecule has 0 atom stereocenters. The van der Waals surface area contributed by atoms with Crippen molar-refractivity contribution in [2.75, 3.05) is 18.5 Å². The molecule has 2 N–H and O–H groups in total. The van der Waals surface area contributed by atoms with Gasteiger partial charge in [0.15, 0.2) is 0 Å². The number of carbonyl (C=O) groups excluding carboxylic acids is 3. The van der Waals surface area contributed by atoms with Crippen LogP contribution in [0.25, 0.3) is 6.08 Å². The SMILES string of the molecule is CCOC(=O)c1ccc(NC(=O)CCCN2C(=O)/C(=C/c3cccc(O)c3)SC2=S)cc1. The van der Waals surface area contributed by atoms with Gasteiger partial charge in [-0.1, -0.05) is 36.1 Å². The molecular weight excluding hydrogens is 448 g/mol. The van der Waals surface area contributed by atoms with Gasteiger partial charge in [-0.2, -0.15) is 0 Å². The third-order valence-electron chi connectivity index (χ3n) is 4.51. The van der Waals surface area contributed by atoms with Gasteiger partial charge in [-0.3, -0.25) is 14.5 Å². The number of hydrogen-bond acceptors (Lipinski definition) is 7. The second-order valence-corrected chi connectivity index (χ2v) is 8.55. The van der Waals surface area contributed by atoms with Crippen molar-refractivity contribution in [1.29, 1.82) is 0 Å². The fourth-order valence-electron chi connectivity index (χ4n) is 2.98. The lowest BCUT2D eigenvalue weighted by atomic mass is 10.2. The zero-order chi connectivity index (χ0) is 23.1. The summed E-state index contributed by atoms with van der Waals surface area (Å²) in [6.45, 7) is 2.36. The first kappa shape index (κ1) is 23.5. The van der Waals surface area contributed by atoms with E-state index in [4.69, 9.17) is 17.0 Å². The van der Waals surface area contributed by atoms with Gasteiger partial charge < -0.3 is 15.2 Å². The van der Waals surface area contributed by atoms with Crippen molar-refractivity contribution in [3.05, 3.63) is 64.6 Å². The smallest absolute Gasteiger partial charge is 0.338 e. The Labute approximate surface area is 195 Å². The number of hydrogen-bond donors (Lipinski definition) is 2. The van der Waals surface area contributed by atoms with E-state index >= 15 is 0 Å². The van der Waals surface area contributed by atoms with Gasteiger partial charge in [-0.15, -0.1) is 0 Å². The van der Waals surface area contributed by atoms with Crippen molar-refractivity contribution in [2.45, 2.75) is 19.8 Å². The summed E-state index contributed by atoms with van der Waals surface area (Å²) in [5.41, 5.74) is 1.69. The molecule has 7 nitrogen and oxygen atoms in total. The van der Waals surface area contributed by atoms with E-state index in [2.05, 4.69) is 5.32 Å².